The van der Waals surface area contributed by atoms with Gasteiger partial charge in [0.25, 0.3) is 0 Å². The van der Waals surface area contributed by atoms with Crippen molar-refractivity contribution in [2.24, 2.45) is 0 Å². The van der Waals surface area contributed by atoms with Gasteiger partial charge in [-0.05, 0) is 36.1 Å². The van der Waals surface area contributed by atoms with E-state index in [0.717, 1.165) is 6.54 Å². The molecule has 92 valence electrons. The quantitative estimate of drug-likeness (QED) is 0.817. The first-order valence-electron chi connectivity index (χ1n) is 6.58. The van der Waals surface area contributed by atoms with Crippen LogP contribution in [0.3, 0.4) is 0 Å². The SMILES string of the molecule is c1ccc(C2CCN(Cc3cccnc3)C2)cc1. The first-order valence-corrected chi connectivity index (χ1v) is 6.58. The second kappa shape index (κ2) is 5.32. The first kappa shape index (κ1) is 11.4. The maximum Gasteiger partial charge on any atom is 0.0312 e. The maximum absolute atomic E-state index is 4.18. The predicted octanol–water partition coefficient (Wildman–Crippen LogP) is 3.07. The van der Waals surface area contributed by atoms with Crippen LogP contribution < -0.4 is 0 Å². The molecule has 0 spiro atoms. The van der Waals surface area contributed by atoms with Crippen LogP contribution in [-0.4, -0.2) is 23.0 Å². The fourth-order valence-corrected chi connectivity index (χ4v) is 2.72. The number of nitrogens with zero attached hydrogens (tertiary/aromatic N) is 2. The third kappa shape index (κ3) is 2.59. The highest BCUT2D eigenvalue weighted by Gasteiger charge is 2.23. The van der Waals surface area contributed by atoms with Crippen LogP contribution in [0.5, 0.6) is 0 Å². The number of likely N-dealkylation sites (tertiary alicyclic amines) is 1. The molecule has 2 aromatic rings. The zero-order chi connectivity index (χ0) is 12.2. The summed E-state index contributed by atoms with van der Waals surface area (Å²) in [6, 6.07) is 15.0. The minimum absolute atomic E-state index is 0.697. The van der Waals surface area contributed by atoms with Crippen LogP contribution in [-0.2, 0) is 6.54 Å². The molecule has 1 fully saturated rings. The molecule has 2 heteroatoms. The summed E-state index contributed by atoms with van der Waals surface area (Å²) in [5, 5.41) is 0. The molecular formula is C16H18N2. The molecule has 0 bridgehead atoms. The van der Waals surface area contributed by atoms with Crippen LogP contribution in [0.15, 0.2) is 54.9 Å². The van der Waals surface area contributed by atoms with Crippen LogP contribution in [0.1, 0.15) is 23.5 Å². The van der Waals surface area contributed by atoms with Crippen LogP contribution in [0.4, 0.5) is 0 Å². The second-order valence-electron chi connectivity index (χ2n) is 4.99. The number of rotatable bonds is 3. The molecule has 0 saturated carbocycles. The van der Waals surface area contributed by atoms with Crippen molar-refractivity contribution < 1.29 is 0 Å². The summed E-state index contributed by atoms with van der Waals surface area (Å²) < 4.78 is 0. The van der Waals surface area contributed by atoms with Gasteiger partial charge in [-0.3, -0.25) is 9.88 Å². The molecule has 1 aromatic heterocycles. The average molecular weight is 238 g/mol. The number of pyridine rings is 1. The molecule has 0 amide bonds. The van der Waals surface area contributed by atoms with E-state index in [-0.39, 0.29) is 0 Å². The lowest BCUT2D eigenvalue weighted by Crippen LogP contribution is -2.19. The highest BCUT2D eigenvalue weighted by molar-refractivity contribution is 5.21. The molecule has 2 heterocycles. The van der Waals surface area contributed by atoms with Crippen molar-refractivity contribution in [3.05, 3.63) is 66.0 Å². The smallest absolute Gasteiger partial charge is 0.0312 e. The summed E-state index contributed by atoms with van der Waals surface area (Å²) in [6.45, 7) is 3.38. The maximum atomic E-state index is 4.18. The van der Waals surface area contributed by atoms with Crippen molar-refractivity contribution in [2.75, 3.05) is 13.1 Å². The zero-order valence-corrected chi connectivity index (χ0v) is 10.5. The molecule has 2 nitrogen and oxygen atoms in total. The van der Waals surface area contributed by atoms with Crippen LogP contribution >= 0.6 is 0 Å². The van der Waals surface area contributed by atoms with Crippen molar-refractivity contribution in [1.82, 2.24) is 9.88 Å². The Morgan fingerprint density at radius 3 is 2.78 bits per heavy atom. The Balaban J connectivity index is 1.62. The van der Waals surface area contributed by atoms with E-state index >= 15 is 0 Å². The molecule has 3 rings (SSSR count). The number of hydrogen-bond acceptors (Lipinski definition) is 2. The summed E-state index contributed by atoms with van der Waals surface area (Å²) >= 11 is 0. The van der Waals surface area contributed by atoms with Gasteiger partial charge in [0, 0.05) is 25.5 Å². The molecule has 0 N–H and O–H groups in total. The predicted molar refractivity (Wildman–Crippen MR) is 73.3 cm³/mol. The van der Waals surface area contributed by atoms with E-state index in [1.54, 1.807) is 0 Å². The van der Waals surface area contributed by atoms with E-state index in [1.165, 1.54) is 30.6 Å². The van der Waals surface area contributed by atoms with E-state index in [2.05, 4.69) is 46.3 Å². The van der Waals surface area contributed by atoms with Gasteiger partial charge < -0.3 is 0 Å². The third-order valence-electron chi connectivity index (χ3n) is 3.67. The van der Waals surface area contributed by atoms with E-state index < -0.39 is 0 Å². The van der Waals surface area contributed by atoms with Crippen LogP contribution in [0.2, 0.25) is 0 Å². The lowest BCUT2D eigenvalue weighted by atomic mass is 9.99. The number of benzene rings is 1. The van der Waals surface area contributed by atoms with Gasteiger partial charge in [0.05, 0.1) is 0 Å². The van der Waals surface area contributed by atoms with E-state index in [4.69, 9.17) is 0 Å². The topological polar surface area (TPSA) is 16.1 Å². The van der Waals surface area contributed by atoms with Gasteiger partial charge in [-0.2, -0.15) is 0 Å². The van der Waals surface area contributed by atoms with Crippen LogP contribution in [0, 0.1) is 0 Å². The molecule has 0 radical (unpaired) electrons. The lowest BCUT2D eigenvalue weighted by molar-refractivity contribution is 0.326. The Bertz CT molecular complexity index is 481. The van der Waals surface area contributed by atoms with Gasteiger partial charge in [-0.25, -0.2) is 0 Å². The molecule has 1 saturated heterocycles. The Labute approximate surface area is 108 Å². The summed E-state index contributed by atoms with van der Waals surface area (Å²) in [5.74, 6) is 0.697. The van der Waals surface area contributed by atoms with Gasteiger partial charge in [-0.1, -0.05) is 36.4 Å². The van der Waals surface area contributed by atoms with Crippen molar-refractivity contribution in [2.45, 2.75) is 18.9 Å². The van der Waals surface area contributed by atoms with E-state index in [0.29, 0.717) is 5.92 Å². The van der Waals surface area contributed by atoms with Crippen molar-refractivity contribution in [1.29, 1.82) is 0 Å². The number of aromatic nitrogens is 1. The molecule has 1 aliphatic rings. The fourth-order valence-electron chi connectivity index (χ4n) is 2.72. The fraction of sp³-hybridized carbons (Fsp3) is 0.312. The van der Waals surface area contributed by atoms with Crippen molar-refractivity contribution in [3.8, 4) is 0 Å². The van der Waals surface area contributed by atoms with Gasteiger partial charge in [0.1, 0.15) is 0 Å². The molecule has 1 atom stereocenters. The Kier molecular flexibility index (Phi) is 3.37. The lowest BCUT2D eigenvalue weighted by Gasteiger charge is -2.16. The molecule has 1 aromatic carbocycles. The average Bonchev–Trinajstić information content (AvgIpc) is 2.89. The minimum Gasteiger partial charge on any atom is -0.298 e. The standard InChI is InChI=1S/C16H18N2/c1-2-6-15(7-3-1)16-8-10-18(13-16)12-14-5-4-9-17-11-14/h1-7,9,11,16H,8,10,12-13H2. The minimum atomic E-state index is 0.697. The molecule has 1 unspecified atom stereocenters. The van der Waals surface area contributed by atoms with E-state index in [1.807, 2.05) is 18.5 Å². The first-order chi connectivity index (χ1) is 8.92. The second-order valence-corrected chi connectivity index (χ2v) is 4.99. The van der Waals surface area contributed by atoms with Gasteiger partial charge >= 0.3 is 0 Å². The largest absolute Gasteiger partial charge is 0.298 e. The Morgan fingerprint density at radius 1 is 1.11 bits per heavy atom. The van der Waals surface area contributed by atoms with Crippen LogP contribution in [0.25, 0.3) is 0 Å². The Hall–Kier alpha value is -1.67. The molecule has 18 heavy (non-hydrogen) atoms. The molecule has 0 aliphatic carbocycles. The zero-order valence-electron chi connectivity index (χ0n) is 10.5. The summed E-state index contributed by atoms with van der Waals surface area (Å²) in [5.41, 5.74) is 2.79. The molecule has 1 aliphatic heterocycles. The monoisotopic (exact) mass is 238 g/mol. The third-order valence-corrected chi connectivity index (χ3v) is 3.67. The van der Waals surface area contributed by atoms with Gasteiger partial charge in [0.2, 0.25) is 0 Å². The van der Waals surface area contributed by atoms with E-state index in [9.17, 15) is 0 Å². The summed E-state index contributed by atoms with van der Waals surface area (Å²) in [6.07, 6.45) is 5.07. The molecular weight excluding hydrogens is 220 g/mol. The highest BCUT2D eigenvalue weighted by Crippen LogP contribution is 2.27. The Morgan fingerprint density at radius 2 is 2.00 bits per heavy atom. The summed E-state index contributed by atoms with van der Waals surface area (Å²) in [7, 11) is 0. The number of hydrogen-bond donors (Lipinski definition) is 0. The normalized spacial score (nSPS) is 20.1. The van der Waals surface area contributed by atoms with Crippen molar-refractivity contribution >= 4 is 0 Å². The van der Waals surface area contributed by atoms with Gasteiger partial charge in [-0.15, -0.1) is 0 Å². The summed E-state index contributed by atoms with van der Waals surface area (Å²) in [4.78, 5) is 6.70. The van der Waals surface area contributed by atoms with Gasteiger partial charge in [0.15, 0.2) is 0 Å². The van der Waals surface area contributed by atoms with Crippen molar-refractivity contribution in [3.63, 3.8) is 0 Å². The highest BCUT2D eigenvalue weighted by atomic mass is 15.1.